The van der Waals surface area contributed by atoms with E-state index >= 15 is 0 Å². The van der Waals surface area contributed by atoms with E-state index in [-0.39, 0.29) is 0 Å². The molecule has 0 atom stereocenters. The van der Waals surface area contributed by atoms with E-state index in [0.29, 0.717) is 5.41 Å². The van der Waals surface area contributed by atoms with Crippen LogP contribution in [-0.2, 0) is 6.42 Å². The quantitative estimate of drug-likeness (QED) is 0.888. The molecule has 3 rings (SSSR count). The molecule has 2 nitrogen and oxygen atoms in total. The number of nitrogens with zero attached hydrogens (tertiary/aromatic N) is 1. The molecule has 0 bridgehead atoms. The fraction of sp³-hybridized carbons (Fsp3) is 0.786. The Labute approximate surface area is 108 Å². The average Bonchev–Trinajstić information content (AvgIpc) is 2.89. The highest BCUT2D eigenvalue weighted by Crippen LogP contribution is 2.45. The highest BCUT2D eigenvalue weighted by Gasteiger charge is 2.44. The first-order valence-corrected chi connectivity index (χ1v) is 7.78. The third kappa shape index (κ3) is 2.15. The number of nitrogens with one attached hydrogen (secondary N) is 1. The van der Waals surface area contributed by atoms with Gasteiger partial charge in [0, 0.05) is 18.0 Å². The van der Waals surface area contributed by atoms with Gasteiger partial charge in [0.1, 0.15) is 0 Å². The van der Waals surface area contributed by atoms with Gasteiger partial charge in [0.25, 0.3) is 0 Å². The van der Waals surface area contributed by atoms with Crippen LogP contribution in [0, 0.1) is 18.3 Å². The molecule has 0 amide bonds. The lowest BCUT2D eigenvalue weighted by Gasteiger charge is -2.47. The maximum Gasteiger partial charge on any atom is 0.0797 e. The number of rotatable bonds is 4. The Morgan fingerprint density at radius 3 is 2.71 bits per heavy atom. The Morgan fingerprint density at radius 1 is 1.41 bits per heavy atom. The first-order valence-electron chi connectivity index (χ1n) is 6.90. The Balaban J connectivity index is 1.64. The zero-order valence-corrected chi connectivity index (χ0v) is 11.5. The third-order valence-electron chi connectivity index (χ3n) is 4.87. The van der Waals surface area contributed by atoms with Crippen molar-refractivity contribution in [3.05, 3.63) is 16.1 Å². The van der Waals surface area contributed by atoms with Gasteiger partial charge in [0.2, 0.25) is 0 Å². The van der Waals surface area contributed by atoms with Gasteiger partial charge in [-0.1, -0.05) is 12.8 Å². The summed E-state index contributed by atoms with van der Waals surface area (Å²) in [5, 5.41) is 3.51. The largest absolute Gasteiger partial charge is 0.316 e. The third-order valence-corrected chi connectivity index (χ3v) is 5.87. The Kier molecular flexibility index (Phi) is 3.22. The standard InChI is InChI=1S/C14H22N2S/c1-11-13(17-10-16-11)6-7-14(8-15-9-14)12-4-2-3-5-12/h10,12,15H,2-9H2,1H3. The number of aryl methyl sites for hydroxylation is 2. The molecule has 0 unspecified atom stereocenters. The Bertz CT molecular complexity index is 375. The van der Waals surface area contributed by atoms with Crippen LogP contribution < -0.4 is 5.32 Å². The summed E-state index contributed by atoms with van der Waals surface area (Å²) in [6.45, 7) is 4.66. The van der Waals surface area contributed by atoms with E-state index in [9.17, 15) is 0 Å². The number of hydrogen-bond acceptors (Lipinski definition) is 3. The molecule has 1 aliphatic heterocycles. The highest BCUT2D eigenvalue weighted by atomic mass is 32.1. The lowest BCUT2D eigenvalue weighted by Crippen LogP contribution is -2.57. The SMILES string of the molecule is Cc1ncsc1CCC1(C2CCCC2)CNC1. The molecule has 17 heavy (non-hydrogen) atoms. The highest BCUT2D eigenvalue weighted by molar-refractivity contribution is 7.09. The van der Waals surface area contributed by atoms with Crippen molar-refractivity contribution in [1.82, 2.24) is 10.3 Å². The lowest BCUT2D eigenvalue weighted by atomic mass is 9.67. The molecule has 1 aromatic heterocycles. The molecule has 0 radical (unpaired) electrons. The summed E-state index contributed by atoms with van der Waals surface area (Å²) >= 11 is 1.84. The zero-order valence-electron chi connectivity index (χ0n) is 10.7. The molecular formula is C14H22N2S. The van der Waals surface area contributed by atoms with E-state index in [0.717, 1.165) is 5.92 Å². The molecular weight excluding hydrogens is 228 g/mol. The molecule has 2 aliphatic rings. The molecule has 0 aromatic carbocycles. The maximum absolute atomic E-state index is 4.36. The van der Waals surface area contributed by atoms with Gasteiger partial charge in [-0.2, -0.15) is 0 Å². The van der Waals surface area contributed by atoms with Crippen molar-refractivity contribution in [2.24, 2.45) is 11.3 Å². The summed E-state index contributed by atoms with van der Waals surface area (Å²) in [4.78, 5) is 5.87. The van der Waals surface area contributed by atoms with Gasteiger partial charge in [-0.25, -0.2) is 4.98 Å². The van der Waals surface area contributed by atoms with Gasteiger partial charge in [-0.15, -0.1) is 11.3 Å². The summed E-state index contributed by atoms with van der Waals surface area (Å²) in [5.41, 5.74) is 3.88. The van der Waals surface area contributed by atoms with Crippen molar-refractivity contribution >= 4 is 11.3 Å². The number of hydrogen-bond donors (Lipinski definition) is 1. The van der Waals surface area contributed by atoms with E-state index < -0.39 is 0 Å². The summed E-state index contributed by atoms with van der Waals surface area (Å²) in [6, 6.07) is 0. The van der Waals surface area contributed by atoms with E-state index in [1.54, 1.807) is 0 Å². The second-order valence-electron chi connectivity index (χ2n) is 5.81. The van der Waals surface area contributed by atoms with Gasteiger partial charge in [-0.3, -0.25) is 0 Å². The van der Waals surface area contributed by atoms with E-state index in [1.807, 2.05) is 16.8 Å². The first kappa shape index (κ1) is 11.7. The molecule has 1 aliphatic carbocycles. The van der Waals surface area contributed by atoms with Crippen molar-refractivity contribution in [3.63, 3.8) is 0 Å². The molecule has 3 heteroatoms. The van der Waals surface area contributed by atoms with Crippen LogP contribution in [0.25, 0.3) is 0 Å². The predicted molar refractivity (Wildman–Crippen MR) is 72.4 cm³/mol. The fourth-order valence-electron chi connectivity index (χ4n) is 3.58. The van der Waals surface area contributed by atoms with Gasteiger partial charge in [-0.05, 0) is 43.9 Å². The molecule has 2 fully saturated rings. The summed E-state index contributed by atoms with van der Waals surface area (Å²) in [6.07, 6.45) is 8.49. The van der Waals surface area contributed by atoms with Crippen LogP contribution in [0.5, 0.6) is 0 Å². The van der Waals surface area contributed by atoms with Crippen LogP contribution in [0.4, 0.5) is 0 Å². The predicted octanol–water partition coefficient (Wildman–Crippen LogP) is 3.16. The topological polar surface area (TPSA) is 24.9 Å². The Hall–Kier alpha value is -0.410. The minimum atomic E-state index is 0.632. The van der Waals surface area contributed by atoms with Crippen LogP contribution in [-0.4, -0.2) is 18.1 Å². The van der Waals surface area contributed by atoms with Crippen LogP contribution in [0.3, 0.4) is 0 Å². The summed E-state index contributed by atoms with van der Waals surface area (Å²) in [7, 11) is 0. The minimum Gasteiger partial charge on any atom is -0.316 e. The summed E-state index contributed by atoms with van der Waals surface area (Å²) in [5.74, 6) is 0.997. The lowest BCUT2D eigenvalue weighted by molar-refractivity contribution is 0.0705. The van der Waals surface area contributed by atoms with Crippen molar-refractivity contribution in [3.8, 4) is 0 Å². The normalized spacial score (nSPS) is 23.8. The summed E-state index contributed by atoms with van der Waals surface area (Å²) < 4.78 is 0. The average molecular weight is 250 g/mol. The van der Waals surface area contributed by atoms with E-state index in [4.69, 9.17) is 0 Å². The van der Waals surface area contributed by atoms with Crippen LogP contribution in [0.2, 0.25) is 0 Å². The molecule has 1 N–H and O–H groups in total. The minimum absolute atomic E-state index is 0.632. The van der Waals surface area contributed by atoms with Gasteiger partial charge < -0.3 is 5.32 Å². The van der Waals surface area contributed by atoms with Gasteiger partial charge in [0.15, 0.2) is 0 Å². The number of thiazole rings is 1. The monoisotopic (exact) mass is 250 g/mol. The van der Waals surface area contributed by atoms with Crippen molar-refractivity contribution < 1.29 is 0 Å². The maximum atomic E-state index is 4.36. The smallest absolute Gasteiger partial charge is 0.0797 e. The van der Waals surface area contributed by atoms with Crippen molar-refractivity contribution in [2.45, 2.75) is 45.4 Å². The van der Waals surface area contributed by atoms with E-state index in [2.05, 4.69) is 17.2 Å². The second kappa shape index (κ2) is 4.69. The molecule has 1 saturated heterocycles. The first-order chi connectivity index (χ1) is 8.30. The Morgan fingerprint density at radius 2 is 2.18 bits per heavy atom. The van der Waals surface area contributed by atoms with Crippen LogP contribution in [0.15, 0.2) is 5.51 Å². The van der Waals surface area contributed by atoms with Crippen molar-refractivity contribution in [2.75, 3.05) is 13.1 Å². The zero-order chi connectivity index (χ0) is 11.7. The second-order valence-corrected chi connectivity index (χ2v) is 6.75. The molecule has 1 saturated carbocycles. The fourth-order valence-corrected chi connectivity index (χ4v) is 4.36. The molecule has 2 heterocycles. The van der Waals surface area contributed by atoms with Gasteiger partial charge in [0.05, 0.1) is 11.2 Å². The van der Waals surface area contributed by atoms with Gasteiger partial charge >= 0.3 is 0 Å². The van der Waals surface area contributed by atoms with Crippen LogP contribution in [0.1, 0.15) is 42.7 Å². The number of aromatic nitrogens is 1. The van der Waals surface area contributed by atoms with Crippen molar-refractivity contribution in [1.29, 1.82) is 0 Å². The van der Waals surface area contributed by atoms with Crippen LogP contribution >= 0.6 is 11.3 Å². The molecule has 1 aromatic rings. The molecule has 94 valence electrons. The van der Waals surface area contributed by atoms with E-state index in [1.165, 1.54) is 62.2 Å². The molecule has 0 spiro atoms.